The molecule has 2 fully saturated rings. The molecule has 3 rings (SSSR count). The lowest BCUT2D eigenvalue weighted by atomic mass is 10.1. The third-order valence-corrected chi connectivity index (χ3v) is 5.77. The minimum absolute atomic E-state index is 0. The molecule has 9 heteroatoms. The minimum atomic E-state index is -0.115. The number of amides is 1. The highest BCUT2D eigenvalue weighted by Gasteiger charge is 2.23. The lowest BCUT2D eigenvalue weighted by Gasteiger charge is -2.35. The number of halogens is 1. The normalized spacial score (nSPS) is 19.8. The van der Waals surface area contributed by atoms with Crippen LogP contribution in [0.4, 0.5) is 0 Å². The largest absolute Gasteiger partial charge is 0.497 e. The molecule has 0 spiro atoms. The van der Waals surface area contributed by atoms with Gasteiger partial charge in [-0.3, -0.25) is 9.79 Å². The molecule has 1 aromatic rings. The maximum atomic E-state index is 12.3. The molecule has 2 saturated heterocycles. The van der Waals surface area contributed by atoms with E-state index in [1.54, 1.807) is 26.3 Å². The summed E-state index contributed by atoms with van der Waals surface area (Å²) < 4.78 is 17.0. The van der Waals surface area contributed by atoms with E-state index in [9.17, 15) is 4.79 Å². The lowest BCUT2D eigenvalue weighted by Crippen LogP contribution is -2.48. The highest BCUT2D eigenvalue weighted by atomic mass is 127. The predicted octanol–water partition coefficient (Wildman–Crippen LogP) is 2.67. The number of nitrogens with one attached hydrogen (secondary N) is 2. The Morgan fingerprint density at radius 3 is 2.66 bits per heavy atom. The summed E-state index contributed by atoms with van der Waals surface area (Å²) in [5, 5.41) is 6.27. The van der Waals surface area contributed by atoms with E-state index in [2.05, 4.69) is 20.5 Å². The average molecular weight is 560 g/mol. The summed E-state index contributed by atoms with van der Waals surface area (Å²) in [4.78, 5) is 18.9. The molecule has 0 radical (unpaired) electrons. The summed E-state index contributed by atoms with van der Waals surface area (Å²) in [5.74, 6) is 1.42. The molecule has 2 N–H and O–H groups in total. The van der Waals surface area contributed by atoms with Gasteiger partial charge in [-0.25, -0.2) is 0 Å². The zero-order chi connectivity index (χ0) is 21.9. The topological polar surface area (TPSA) is 84.4 Å². The number of nitrogens with zero attached hydrogens (tertiary/aromatic N) is 2. The number of methoxy groups -OCH3 is 1. The van der Waals surface area contributed by atoms with Crippen molar-refractivity contribution in [3.05, 3.63) is 29.8 Å². The number of guanidine groups is 1. The van der Waals surface area contributed by atoms with Gasteiger partial charge in [0.15, 0.2) is 5.96 Å². The first-order valence-electron chi connectivity index (χ1n) is 11.3. The van der Waals surface area contributed by atoms with Crippen LogP contribution >= 0.6 is 24.0 Å². The van der Waals surface area contributed by atoms with Gasteiger partial charge in [-0.2, -0.15) is 0 Å². The maximum absolute atomic E-state index is 12.3. The Hall–Kier alpha value is -1.59. The average Bonchev–Trinajstić information content (AvgIpc) is 2.84. The quantitative estimate of drug-likeness (QED) is 0.220. The van der Waals surface area contributed by atoms with Crippen LogP contribution in [-0.2, 0) is 9.47 Å². The Kier molecular flexibility index (Phi) is 12.1. The highest BCUT2D eigenvalue weighted by molar-refractivity contribution is 14.0. The summed E-state index contributed by atoms with van der Waals surface area (Å²) >= 11 is 0. The molecule has 32 heavy (non-hydrogen) atoms. The van der Waals surface area contributed by atoms with Crippen molar-refractivity contribution in [3.8, 4) is 5.75 Å². The van der Waals surface area contributed by atoms with E-state index in [4.69, 9.17) is 14.2 Å². The van der Waals surface area contributed by atoms with E-state index in [1.807, 2.05) is 12.1 Å². The third kappa shape index (κ3) is 8.40. The Balaban J connectivity index is 0.00000363. The smallest absolute Gasteiger partial charge is 0.251 e. The molecular weight excluding hydrogens is 523 g/mol. The van der Waals surface area contributed by atoms with Crippen LogP contribution in [0, 0.1) is 0 Å². The predicted molar refractivity (Wildman–Crippen MR) is 136 cm³/mol. The van der Waals surface area contributed by atoms with Crippen molar-refractivity contribution in [1.29, 1.82) is 0 Å². The number of rotatable bonds is 8. The summed E-state index contributed by atoms with van der Waals surface area (Å²) in [6.45, 7) is 4.52. The van der Waals surface area contributed by atoms with Gasteiger partial charge in [-0.05, 0) is 50.3 Å². The fourth-order valence-corrected chi connectivity index (χ4v) is 3.97. The zero-order valence-corrected chi connectivity index (χ0v) is 21.5. The fraction of sp³-hybridized carbons (Fsp3) is 0.652. The second-order valence-electron chi connectivity index (χ2n) is 7.97. The first-order chi connectivity index (χ1) is 15.2. The Morgan fingerprint density at radius 2 is 1.97 bits per heavy atom. The maximum Gasteiger partial charge on any atom is 0.251 e. The second-order valence-corrected chi connectivity index (χ2v) is 7.97. The number of likely N-dealkylation sites (tertiary alicyclic amines) is 1. The number of benzene rings is 1. The summed E-state index contributed by atoms with van der Waals surface area (Å²) in [6, 6.07) is 7.13. The number of hydrogen-bond donors (Lipinski definition) is 2. The van der Waals surface area contributed by atoms with Crippen LogP contribution in [0.5, 0.6) is 5.75 Å². The van der Waals surface area contributed by atoms with Crippen molar-refractivity contribution in [2.24, 2.45) is 4.99 Å². The van der Waals surface area contributed by atoms with Crippen LogP contribution in [0.1, 0.15) is 42.5 Å². The van der Waals surface area contributed by atoms with Gasteiger partial charge >= 0.3 is 0 Å². The fourth-order valence-electron chi connectivity index (χ4n) is 3.97. The SMILES string of the molecule is CN=C(NCCNC(=O)c1cccc(OC)c1)N1CCC(OCC2CCCCO2)CC1.I. The highest BCUT2D eigenvalue weighted by Crippen LogP contribution is 2.18. The molecule has 8 nitrogen and oxygen atoms in total. The number of hydrogen-bond acceptors (Lipinski definition) is 5. The number of ether oxygens (including phenoxy) is 3. The summed E-state index contributed by atoms with van der Waals surface area (Å²) in [7, 11) is 3.38. The van der Waals surface area contributed by atoms with E-state index in [0.717, 1.165) is 44.9 Å². The number of carbonyl (C=O) groups excluding carboxylic acids is 1. The van der Waals surface area contributed by atoms with Crippen LogP contribution in [0.2, 0.25) is 0 Å². The number of piperidine rings is 1. The minimum Gasteiger partial charge on any atom is -0.497 e. The first-order valence-corrected chi connectivity index (χ1v) is 11.3. The van der Waals surface area contributed by atoms with Gasteiger partial charge in [0.25, 0.3) is 5.91 Å². The van der Waals surface area contributed by atoms with Gasteiger partial charge in [-0.15, -0.1) is 24.0 Å². The Labute approximate surface area is 208 Å². The molecule has 2 aliphatic heterocycles. The molecule has 0 bridgehead atoms. The lowest BCUT2D eigenvalue weighted by molar-refractivity contribution is -0.0721. The van der Waals surface area contributed by atoms with Crippen LogP contribution < -0.4 is 15.4 Å². The molecule has 2 aliphatic rings. The van der Waals surface area contributed by atoms with E-state index in [1.165, 1.54) is 12.8 Å². The van der Waals surface area contributed by atoms with Crippen molar-refractivity contribution < 1.29 is 19.0 Å². The molecule has 180 valence electrons. The van der Waals surface area contributed by atoms with E-state index in [0.29, 0.717) is 37.1 Å². The van der Waals surface area contributed by atoms with Gasteiger partial charge in [0.05, 0.1) is 25.9 Å². The van der Waals surface area contributed by atoms with Crippen molar-refractivity contribution in [2.45, 2.75) is 44.3 Å². The first kappa shape index (κ1) is 26.7. The van der Waals surface area contributed by atoms with Gasteiger partial charge in [0.1, 0.15) is 5.75 Å². The molecule has 0 saturated carbocycles. The molecular formula is C23H37IN4O4. The number of aliphatic imine (C=N–C) groups is 1. The van der Waals surface area contributed by atoms with E-state index < -0.39 is 0 Å². The van der Waals surface area contributed by atoms with Crippen molar-refractivity contribution in [2.75, 3.05) is 53.6 Å². The van der Waals surface area contributed by atoms with Crippen LogP contribution in [-0.4, -0.2) is 82.5 Å². The third-order valence-electron chi connectivity index (χ3n) is 5.77. The summed E-state index contributed by atoms with van der Waals surface area (Å²) in [6.07, 6.45) is 6.07. The van der Waals surface area contributed by atoms with Gasteiger partial charge in [0.2, 0.25) is 0 Å². The number of carbonyl (C=O) groups is 1. The van der Waals surface area contributed by atoms with Crippen LogP contribution in [0.3, 0.4) is 0 Å². The molecule has 1 unspecified atom stereocenters. The standard InChI is InChI=1S/C23H36N4O4.HI/c1-24-23(26-12-11-25-22(28)18-6-5-8-20(16-18)29-2)27-13-9-19(10-14-27)31-17-21-7-3-4-15-30-21;/h5-6,8,16,19,21H,3-4,7,9-15,17H2,1-2H3,(H,24,26)(H,25,28);1H. The van der Waals surface area contributed by atoms with Crippen molar-refractivity contribution in [3.63, 3.8) is 0 Å². The Morgan fingerprint density at radius 1 is 1.19 bits per heavy atom. The molecule has 1 aromatic carbocycles. The second kappa shape index (κ2) is 14.5. The van der Waals surface area contributed by atoms with Crippen LogP contribution in [0.15, 0.2) is 29.3 Å². The van der Waals surface area contributed by atoms with Crippen molar-refractivity contribution >= 4 is 35.8 Å². The molecule has 0 aliphatic carbocycles. The zero-order valence-electron chi connectivity index (χ0n) is 19.2. The van der Waals surface area contributed by atoms with Gasteiger partial charge < -0.3 is 29.7 Å². The molecule has 1 atom stereocenters. The molecule has 2 heterocycles. The van der Waals surface area contributed by atoms with Crippen molar-refractivity contribution in [1.82, 2.24) is 15.5 Å². The van der Waals surface area contributed by atoms with Gasteiger partial charge in [-0.1, -0.05) is 6.07 Å². The molecule has 1 amide bonds. The van der Waals surface area contributed by atoms with Gasteiger partial charge in [0, 0.05) is 45.4 Å². The molecule has 0 aromatic heterocycles. The van der Waals surface area contributed by atoms with E-state index in [-0.39, 0.29) is 36.0 Å². The summed E-state index contributed by atoms with van der Waals surface area (Å²) in [5.41, 5.74) is 0.587. The van der Waals surface area contributed by atoms with Crippen LogP contribution in [0.25, 0.3) is 0 Å². The van der Waals surface area contributed by atoms with E-state index >= 15 is 0 Å². The monoisotopic (exact) mass is 560 g/mol. The Bertz CT molecular complexity index is 720.